The number of imidazole rings is 1. The molecule has 4 rings (SSSR count). The van der Waals surface area contributed by atoms with Crippen LogP contribution in [0, 0.1) is 0 Å². The lowest BCUT2D eigenvalue weighted by molar-refractivity contribution is 0.713. The second-order valence-electron chi connectivity index (χ2n) is 5.77. The van der Waals surface area contributed by atoms with Gasteiger partial charge in [0.15, 0.2) is 11.2 Å². The molecule has 0 aliphatic carbocycles. The Kier molecular flexibility index (Phi) is 4.07. The molecular weight excluding hydrogens is 336 g/mol. The first-order valence-electron chi connectivity index (χ1n) is 7.96. The van der Waals surface area contributed by atoms with Crippen molar-refractivity contribution in [3.05, 3.63) is 81.9 Å². The van der Waals surface area contributed by atoms with Crippen molar-refractivity contribution in [3.8, 4) is 11.4 Å². The number of halogens is 1. The van der Waals surface area contributed by atoms with Crippen LogP contribution in [-0.2, 0) is 13.0 Å². The second kappa shape index (κ2) is 6.53. The lowest BCUT2D eigenvalue weighted by atomic mass is 10.1. The van der Waals surface area contributed by atoms with Crippen LogP contribution in [-0.4, -0.2) is 19.5 Å². The van der Waals surface area contributed by atoms with Crippen LogP contribution < -0.4 is 5.56 Å². The molecule has 2 heterocycles. The van der Waals surface area contributed by atoms with Crippen LogP contribution in [0.3, 0.4) is 0 Å². The summed E-state index contributed by atoms with van der Waals surface area (Å²) < 4.78 is 1.84. The highest BCUT2D eigenvalue weighted by Gasteiger charge is 2.12. The molecule has 0 saturated heterocycles. The Morgan fingerprint density at radius 3 is 2.72 bits per heavy atom. The van der Waals surface area contributed by atoms with Gasteiger partial charge in [-0.1, -0.05) is 54.1 Å². The highest BCUT2D eigenvalue weighted by Crippen LogP contribution is 2.19. The minimum Gasteiger partial charge on any atom is -0.324 e. The Morgan fingerprint density at radius 1 is 1.08 bits per heavy atom. The zero-order chi connectivity index (χ0) is 17.2. The van der Waals surface area contributed by atoms with Gasteiger partial charge in [-0.15, -0.1) is 0 Å². The van der Waals surface area contributed by atoms with Crippen molar-refractivity contribution in [1.29, 1.82) is 0 Å². The van der Waals surface area contributed by atoms with Crippen molar-refractivity contribution in [2.75, 3.05) is 0 Å². The van der Waals surface area contributed by atoms with E-state index >= 15 is 0 Å². The van der Waals surface area contributed by atoms with E-state index in [-0.39, 0.29) is 5.56 Å². The zero-order valence-electron chi connectivity index (χ0n) is 13.3. The molecule has 0 saturated carbocycles. The van der Waals surface area contributed by atoms with Gasteiger partial charge in [0, 0.05) is 17.1 Å². The maximum absolute atomic E-state index is 12.6. The van der Waals surface area contributed by atoms with E-state index in [4.69, 9.17) is 11.6 Å². The Morgan fingerprint density at radius 2 is 1.92 bits per heavy atom. The summed E-state index contributed by atoms with van der Waals surface area (Å²) in [6, 6.07) is 17.3. The van der Waals surface area contributed by atoms with E-state index in [9.17, 15) is 4.79 Å². The molecule has 1 N–H and O–H groups in total. The number of hydrogen-bond acceptors (Lipinski definition) is 3. The van der Waals surface area contributed by atoms with Gasteiger partial charge >= 0.3 is 0 Å². The molecule has 4 aromatic rings. The second-order valence-corrected chi connectivity index (χ2v) is 6.21. The fourth-order valence-electron chi connectivity index (χ4n) is 2.82. The van der Waals surface area contributed by atoms with Crippen molar-refractivity contribution in [3.63, 3.8) is 0 Å². The molecule has 2 aromatic heterocycles. The molecule has 0 atom stereocenters. The smallest absolute Gasteiger partial charge is 0.277 e. The van der Waals surface area contributed by atoms with Crippen LogP contribution in [0.1, 0.15) is 5.56 Å². The van der Waals surface area contributed by atoms with Gasteiger partial charge in [-0.3, -0.25) is 4.79 Å². The van der Waals surface area contributed by atoms with Gasteiger partial charge in [0.1, 0.15) is 5.82 Å². The molecule has 0 aliphatic heterocycles. The Bertz CT molecular complexity index is 1090. The summed E-state index contributed by atoms with van der Waals surface area (Å²) in [5.74, 6) is 0.466. The summed E-state index contributed by atoms with van der Waals surface area (Å²) in [4.78, 5) is 24.2. The third-order valence-electron chi connectivity index (χ3n) is 4.07. The monoisotopic (exact) mass is 350 g/mol. The third kappa shape index (κ3) is 3.19. The summed E-state index contributed by atoms with van der Waals surface area (Å²) in [6.07, 6.45) is 2.49. The number of nitrogens with zero attached hydrogens (tertiary/aromatic N) is 3. The molecule has 0 bridgehead atoms. The quantitative estimate of drug-likeness (QED) is 0.610. The summed E-state index contributed by atoms with van der Waals surface area (Å²) in [7, 11) is 0. The number of benzene rings is 2. The number of aromatic nitrogens is 4. The van der Waals surface area contributed by atoms with E-state index in [1.54, 1.807) is 18.5 Å². The predicted molar refractivity (Wildman–Crippen MR) is 98.7 cm³/mol. The van der Waals surface area contributed by atoms with Gasteiger partial charge in [0.05, 0.1) is 6.33 Å². The summed E-state index contributed by atoms with van der Waals surface area (Å²) in [6.45, 7) is 0.668. The highest BCUT2D eigenvalue weighted by atomic mass is 35.5. The minimum absolute atomic E-state index is 0.203. The average Bonchev–Trinajstić information content (AvgIpc) is 3.04. The number of aromatic amines is 1. The standard InChI is InChI=1S/C19H15ClN4O/c20-15-8-4-7-14(11-15)17-22-18-16(19(25)23-17)24(12-21-18)10-9-13-5-2-1-3-6-13/h1-8,11-12H,9-10H2,(H,22,23,25). The molecule has 124 valence electrons. The van der Waals surface area contributed by atoms with Crippen LogP contribution in [0.15, 0.2) is 65.7 Å². The van der Waals surface area contributed by atoms with Gasteiger partial charge in [0.2, 0.25) is 0 Å². The van der Waals surface area contributed by atoms with Crippen LogP contribution in [0.2, 0.25) is 5.02 Å². The Balaban J connectivity index is 1.69. The first kappa shape index (κ1) is 15.6. The number of H-pyrrole nitrogens is 1. The van der Waals surface area contributed by atoms with Crippen LogP contribution in [0.5, 0.6) is 0 Å². The molecule has 0 aliphatic rings. The maximum Gasteiger partial charge on any atom is 0.277 e. The molecule has 0 amide bonds. The number of nitrogens with one attached hydrogen (secondary N) is 1. The van der Waals surface area contributed by atoms with Gasteiger partial charge in [0.25, 0.3) is 5.56 Å². The van der Waals surface area contributed by atoms with Gasteiger partial charge in [-0.25, -0.2) is 9.97 Å². The molecular formula is C19H15ClN4O. The molecule has 0 unspecified atom stereocenters. The summed E-state index contributed by atoms with van der Waals surface area (Å²) in [5.41, 5.74) is 2.69. The van der Waals surface area contributed by atoms with Crippen molar-refractivity contribution >= 4 is 22.8 Å². The van der Waals surface area contributed by atoms with Crippen molar-refractivity contribution < 1.29 is 0 Å². The molecule has 0 fully saturated rings. The van der Waals surface area contributed by atoms with Crippen molar-refractivity contribution in [2.24, 2.45) is 0 Å². The average molecular weight is 351 g/mol. The first-order valence-corrected chi connectivity index (χ1v) is 8.33. The lowest BCUT2D eigenvalue weighted by Crippen LogP contribution is -2.14. The molecule has 0 radical (unpaired) electrons. The summed E-state index contributed by atoms with van der Waals surface area (Å²) >= 11 is 6.02. The molecule has 2 aromatic carbocycles. The van der Waals surface area contributed by atoms with E-state index < -0.39 is 0 Å². The maximum atomic E-state index is 12.6. The van der Waals surface area contributed by atoms with Gasteiger partial charge in [-0.2, -0.15) is 0 Å². The SMILES string of the molecule is O=c1[nH]c(-c2cccc(Cl)c2)nc2ncn(CCc3ccccc3)c12. The van der Waals surface area contributed by atoms with E-state index in [1.165, 1.54) is 5.56 Å². The predicted octanol–water partition coefficient (Wildman–Crippen LogP) is 3.68. The van der Waals surface area contributed by atoms with Crippen molar-refractivity contribution in [1.82, 2.24) is 19.5 Å². The summed E-state index contributed by atoms with van der Waals surface area (Å²) in [5, 5.41) is 0.591. The minimum atomic E-state index is -0.203. The fourth-order valence-corrected chi connectivity index (χ4v) is 3.01. The molecule has 6 heteroatoms. The number of hydrogen-bond donors (Lipinski definition) is 1. The van der Waals surface area contributed by atoms with Crippen LogP contribution in [0.25, 0.3) is 22.6 Å². The topological polar surface area (TPSA) is 63.6 Å². The normalized spacial score (nSPS) is 11.1. The lowest BCUT2D eigenvalue weighted by Gasteiger charge is -2.05. The van der Waals surface area contributed by atoms with E-state index in [0.717, 1.165) is 12.0 Å². The van der Waals surface area contributed by atoms with E-state index in [2.05, 4.69) is 27.1 Å². The van der Waals surface area contributed by atoms with Gasteiger partial charge in [-0.05, 0) is 24.1 Å². The van der Waals surface area contributed by atoms with Crippen LogP contribution >= 0.6 is 11.6 Å². The number of fused-ring (bicyclic) bond motifs is 1. The third-order valence-corrected chi connectivity index (χ3v) is 4.30. The molecule has 0 spiro atoms. The Hall–Kier alpha value is -2.92. The van der Waals surface area contributed by atoms with E-state index in [0.29, 0.717) is 28.6 Å². The zero-order valence-corrected chi connectivity index (χ0v) is 14.1. The largest absolute Gasteiger partial charge is 0.324 e. The molecule has 5 nitrogen and oxygen atoms in total. The van der Waals surface area contributed by atoms with Gasteiger partial charge < -0.3 is 9.55 Å². The van der Waals surface area contributed by atoms with Crippen molar-refractivity contribution in [2.45, 2.75) is 13.0 Å². The molecule has 25 heavy (non-hydrogen) atoms. The van der Waals surface area contributed by atoms with E-state index in [1.807, 2.05) is 34.9 Å². The van der Waals surface area contributed by atoms with Crippen LogP contribution in [0.4, 0.5) is 0 Å². The highest BCUT2D eigenvalue weighted by molar-refractivity contribution is 6.30. The number of rotatable bonds is 4. The fraction of sp³-hybridized carbons (Fsp3) is 0.105. The number of aryl methyl sites for hydroxylation is 2. The first-order chi connectivity index (χ1) is 12.2. The Labute approximate surface area is 149 Å².